The summed E-state index contributed by atoms with van der Waals surface area (Å²) in [6.45, 7) is 0. The van der Waals surface area contributed by atoms with Crippen LogP contribution in [-0.4, -0.2) is 22.8 Å². The Balaban J connectivity index is 1.82. The summed E-state index contributed by atoms with van der Waals surface area (Å²) in [6, 6.07) is 18.9. The number of hydrogen-bond donors (Lipinski definition) is 2. The van der Waals surface area contributed by atoms with Crippen molar-refractivity contribution in [1.29, 1.82) is 0 Å². The van der Waals surface area contributed by atoms with E-state index in [1.807, 2.05) is 48.5 Å². The number of nitrogens with one attached hydrogen (secondary N) is 1. The highest BCUT2D eigenvalue weighted by molar-refractivity contribution is 6.04. The number of nitrogens with zero attached hydrogens (tertiary/aromatic N) is 2. The van der Waals surface area contributed by atoms with E-state index in [2.05, 4.69) is 10.4 Å². The van der Waals surface area contributed by atoms with Gasteiger partial charge in [0.25, 0.3) is 0 Å². The lowest BCUT2D eigenvalue weighted by atomic mass is 10.1. The van der Waals surface area contributed by atoms with E-state index in [0.717, 1.165) is 12.0 Å². The van der Waals surface area contributed by atoms with Gasteiger partial charge in [-0.05, 0) is 17.7 Å². The zero-order valence-electron chi connectivity index (χ0n) is 12.0. The average molecular weight is 293 g/mol. The van der Waals surface area contributed by atoms with Gasteiger partial charge in [0.2, 0.25) is 0 Å². The lowest BCUT2D eigenvalue weighted by Gasteiger charge is -2.11. The Bertz CT molecular complexity index is 723. The summed E-state index contributed by atoms with van der Waals surface area (Å²) < 4.78 is 1.65. The number of rotatable bonds is 2. The quantitative estimate of drug-likeness (QED) is 0.655. The molecule has 1 amide bonds. The van der Waals surface area contributed by atoms with Gasteiger partial charge in [-0.1, -0.05) is 48.5 Å². The Hall–Kier alpha value is -2.95. The smallest absolute Gasteiger partial charge is 0.289 e. The van der Waals surface area contributed by atoms with Crippen LogP contribution in [0.15, 0.2) is 65.8 Å². The van der Waals surface area contributed by atoms with Gasteiger partial charge >= 0.3 is 11.9 Å². The fourth-order valence-corrected chi connectivity index (χ4v) is 2.43. The summed E-state index contributed by atoms with van der Waals surface area (Å²) in [4.78, 5) is 12.2. The van der Waals surface area contributed by atoms with E-state index >= 15 is 0 Å². The fourth-order valence-electron chi connectivity index (χ4n) is 2.43. The Morgan fingerprint density at radius 3 is 2.41 bits per heavy atom. The molecule has 5 nitrogen and oxygen atoms in total. The van der Waals surface area contributed by atoms with Crippen molar-refractivity contribution < 1.29 is 9.48 Å². The Morgan fingerprint density at radius 2 is 1.73 bits per heavy atom. The monoisotopic (exact) mass is 293 g/mol. The van der Waals surface area contributed by atoms with Crippen LogP contribution in [0.2, 0.25) is 0 Å². The summed E-state index contributed by atoms with van der Waals surface area (Å²) in [7, 11) is 0. The number of carbonyl (C=O) groups excluding carboxylic acids is 1. The number of guanidine groups is 1. The molecule has 3 N–H and O–H groups in total. The SMILES string of the molecule is NC(NC(=O)c1ccccc1)=[N+]1N=CC[C@H]1c1ccccc1. The summed E-state index contributed by atoms with van der Waals surface area (Å²) in [6.07, 6.45) is 2.56. The molecule has 110 valence electrons. The molecular formula is C17H17N4O+. The average Bonchev–Trinajstić information content (AvgIpc) is 3.06. The Kier molecular flexibility index (Phi) is 3.96. The molecule has 0 unspecified atom stereocenters. The zero-order chi connectivity index (χ0) is 15.4. The molecule has 0 aliphatic carbocycles. The van der Waals surface area contributed by atoms with Crippen molar-refractivity contribution in [2.45, 2.75) is 12.5 Å². The molecule has 0 spiro atoms. The predicted molar refractivity (Wildman–Crippen MR) is 85.7 cm³/mol. The first kappa shape index (κ1) is 14.0. The highest BCUT2D eigenvalue weighted by Crippen LogP contribution is 2.23. The standard InChI is InChI=1S/C17H16N4O/c18-17(20-16(22)14-9-5-2-6-10-14)21-15(11-12-19-21)13-7-3-1-4-8-13/h1-10,12,15H,11H2,(H2,18,20,22)/p+1/t15-/m0/s1. The molecule has 0 fully saturated rings. The van der Waals surface area contributed by atoms with Gasteiger partial charge in [0.05, 0.1) is 5.56 Å². The van der Waals surface area contributed by atoms with Gasteiger partial charge in [0, 0.05) is 12.6 Å². The van der Waals surface area contributed by atoms with E-state index in [0.29, 0.717) is 5.56 Å². The maximum absolute atomic E-state index is 12.2. The zero-order valence-corrected chi connectivity index (χ0v) is 12.0. The molecular weight excluding hydrogens is 276 g/mol. The second kappa shape index (κ2) is 6.22. The van der Waals surface area contributed by atoms with E-state index in [1.54, 1.807) is 23.0 Å². The lowest BCUT2D eigenvalue weighted by Crippen LogP contribution is -2.42. The third kappa shape index (κ3) is 2.88. The summed E-state index contributed by atoms with van der Waals surface area (Å²) >= 11 is 0. The normalized spacial score (nSPS) is 19.0. The number of carbonyl (C=O) groups is 1. The second-order valence-electron chi connectivity index (χ2n) is 5.01. The van der Waals surface area contributed by atoms with Gasteiger partial charge < -0.3 is 0 Å². The molecule has 1 aliphatic rings. The van der Waals surface area contributed by atoms with Crippen molar-refractivity contribution in [2.75, 3.05) is 0 Å². The van der Waals surface area contributed by atoms with Crippen molar-refractivity contribution in [3.8, 4) is 0 Å². The van der Waals surface area contributed by atoms with Crippen molar-refractivity contribution in [1.82, 2.24) is 5.32 Å². The highest BCUT2D eigenvalue weighted by atomic mass is 16.1. The highest BCUT2D eigenvalue weighted by Gasteiger charge is 2.26. The van der Waals surface area contributed by atoms with Crippen molar-refractivity contribution >= 4 is 18.1 Å². The van der Waals surface area contributed by atoms with Gasteiger partial charge in [-0.15, -0.1) is 9.79 Å². The van der Waals surface area contributed by atoms with Crippen molar-refractivity contribution in [2.24, 2.45) is 10.8 Å². The van der Waals surface area contributed by atoms with Crippen LogP contribution in [0.4, 0.5) is 0 Å². The molecule has 1 heterocycles. The summed E-state index contributed by atoms with van der Waals surface area (Å²) in [5.41, 5.74) is 7.71. The summed E-state index contributed by atoms with van der Waals surface area (Å²) in [5.74, 6) is -0.0107. The van der Waals surface area contributed by atoms with Crippen molar-refractivity contribution in [3.63, 3.8) is 0 Å². The molecule has 2 aromatic carbocycles. The molecule has 0 saturated heterocycles. The van der Waals surface area contributed by atoms with Crippen LogP contribution in [0.3, 0.4) is 0 Å². The third-order valence-corrected chi connectivity index (χ3v) is 3.54. The molecule has 1 aliphatic heterocycles. The predicted octanol–water partition coefficient (Wildman–Crippen LogP) is 1.87. The van der Waals surface area contributed by atoms with E-state index in [4.69, 9.17) is 5.73 Å². The number of nitrogens with two attached hydrogens (primary N) is 1. The number of hydrazone groups is 1. The first-order valence-corrected chi connectivity index (χ1v) is 7.11. The van der Waals surface area contributed by atoms with Crippen LogP contribution < -0.4 is 11.1 Å². The first-order valence-electron chi connectivity index (χ1n) is 7.11. The Labute approximate surface area is 128 Å². The van der Waals surface area contributed by atoms with Gasteiger partial charge in [0.1, 0.15) is 6.04 Å². The first-order chi connectivity index (χ1) is 10.8. The van der Waals surface area contributed by atoms with E-state index in [-0.39, 0.29) is 17.9 Å². The number of amides is 1. The lowest BCUT2D eigenvalue weighted by molar-refractivity contribution is -0.569. The van der Waals surface area contributed by atoms with E-state index in [9.17, 15) is 4.79 Å². The molecule has 1 atom stereocenters. The van der Waals surface area contributed by atoms with Gasteiger partial charge in [-0.3, -0.25) is 10.5 Å². The maximum Gasteiger partial charge on any atom is 0.375 e. The van der Waals surface area contributed by atoms with E-state index in [1.165, 1.54) is 0 Å². The minimum absolute atomic E-state index is 0.0114. The van der Waals surface area contributed by atoms with Gasteiger partial charge in [-0.25, -0.2) is 5.32 Å². The van der Waals surface area contributed by atoms with Crippen LogP contribution >= 0.6 is 0 Å². The molecule has 0 aromatic heterocycles. The number of benzene rings is 2. The Morgan fingerprint density at radius 1 is 1.09 bits per heavy atom. The fraction of sp³-hybridized carbons (Fsp3) is 0.118. The maximum atomic E-state index is 12.2. The molecule has 22 heavy (non-hydrogen) atoms. The van der Waals surface area contributed by atoms with Gasteiger partial charge in [0.15, 0.2) is 0 Å². The largest absolute Gasteiger partial charge is 0.375 e. The van der Waals surface area contributed by atoms with Crippen LogP contribution in [0, 0.1) is 0 Å². The molecule has 3 rings (SSSR count). The van der Waals surface area contributed by atoms with Crippen LogP contribution in [0.25, 0.3) is 0 Å². The van der Waals surface area contributed by atoms with Crippen LogP contribution in [-0.2, 0) is 0 Å². The van der Waals surface area contributed by atoms with Crippen molar-refractivity contribution in [3.05, 3.63) is 71.8 Å². The minimum atomic E-state index is -0.244. The second-order valence-corrected chi connectivity index (χ2v) is 5.01. The minimum Gasteiger partial charge on any atom is -0.289 e. The molecule has 5 heteroatoms. The molecule has 2 aromatic rings. The molecule has 0 radical (unpaired) electrons. The molecule has 0 bridgehead atoms. The topological polar surface area (TPSA) is 70.5 Å². The number of hydrogen-bond acceptors (Lipinski definition) is 2. The summed E-state index contributed by atoms with van der Waals surface area (Å²) in [5, 5.41) is 6.98. The van der Waals surface area contributed by atoms with E-state index < -0.39 is 0 Å². The molecule has 0 saturated carbocycles. The van der Waals surface area contributed by atoms with Crippen LogP contribution in [0.5, 0.6) is 0 Å². The van der Waals surface area contributed by atoms with Crippen LogP contribution in [0.1, 0.15) is 28.4 Å². The van der Waals surface area contributed by atoms with Gasteiger partial charge in [-0.2, -0.15) is 0 Å². The third-order valence-electron chi connectivity index (χ3n) is 3.54.